The summed E-state index contributed by atoms with van der Waals surface area (Å²) < 4.78 is 13.4. The lowest BCUT2D eigenvalue weighted by atomic mass is 10.1. The van der Waals surface area contributed by atoms with Gasteiger partial charge in [-0.25, -0.2) is 9.97 Å². The van der Waals surface area contributed by atoms with Crippen LogP contribution in [0.3, 0.4) is 0 Å². The van der Waals surface area contributed by atoms with Gasteiger partial charge in [0.15, 0.2) is 6.23 Å². The summed E-state index contributed by atoms with van der Waals surface area (Å²) in [4.78, 5) is 12.7. The standard InChI is InChI=1S/C23H23N5O4/c1-12(2)14-7-13-3-4-15(8-17(13)25-9-14)31-10-18-19(29)20(30)23(32-18)28-6-5-16-21(24)26-11-27-22(16)28/h3-9,11,18-20,23,29-30H,1,10H2,2H3,(H2,24,26,27)/t18-,19-,20-,23-/m1/s1. The van der Waals surface area contributed by atoms with Crippen LogP contribution in [0.1, 0.15) is 18.7 Å². The molecule has 1 fully saturated rings. The molecule has 1 aromatic carbocycles. The van der Waals surface area contributed by atoms with E-state index in [1.54, 1.807) is 23.0 Å². The van der Waals surface area contributed by atoms with E-state index in [9.17, 15) is 10.2 Å². The number of hydrogen-bond donors (Lipinski definition) is 3. The van der Waals surface area contributed by atoms with E-state index >= 15 is 0 Å². The van der Waals surface area contributed by atoms with Gasteiger partial charge in [-0.2, -0.15) is 0 Å². The van der Waals surface area contributed by atoms with Gasteiger partial charge in [0.05, 0.1) is 10.9 Å². The SMILES string of the molecule is C=C(C)c1cnc2cc(OC[C@H]3O[C@@H](n4ccc5c(N)ncnc54)[C@H](O)[C@@H]3O)ccc2c1. The van der Waals surface area contributed by atoms with E-state index in [2.05, 4.69) is 21.5 Å². The van der Waals surface area contributed by atoms with E-state index in [1.165, 1.54) is 6.33 Å². The maximum atomic E-state index is 10.6. The van der Waals surface area contributed by atoms with E-state index < -0.39 is 24.5 Å². The Hall–Kier alpha value is -3.53. The Bertz CT molecular complexity index is 1320. The number of rotatable bonds is 5. The number of nitrogens with two attached hydrogens (primary N) is 1. The molecule has 0 saturated carbocycles. The van der Waals surface area contributed by atoms with Gasteiger partial charge in [0.25, 0.3) is 0 Å². The minimum atomic E-state index is -1.16. The number of nitrogens with zero attached hydrogens (tertiary/aromatic N) is 4. The molecule has 0 spiro atoms. The molecule has 164 valence electrons. The fourth-order valence-corrected chi connectivity index (χ4v) is 3.90. The van der Waals surface area contributed by atoms with Crippen LogP contribution in [0.15, 0.2) is 55.6 Å². The van der Waals surface area contributed by atoms with Crippen LogP contribution in [0.25, 0.3) is 27.5 Å². The molecule has 1 aliphatic rings. The van der Waals surface area contributed by atoms with Gasteiger partial charge in [0, 0.05) is 23.8 Å². The molecule has 3 aromatic heterocycles. The summed E-state index contributed by atoms with van der Waals surface area (Å²) in [5.74, 6) is 0.927. The van der Waals surface area contributed by atoms with Crippen LogP contribution >= 0.6 is 0 Å². The molecule has 1 aliphatic heterocycles. The second kappa shape index (κ2) is 7.86. The molecule has 1 saturated heterocycles. The van der Waals surface area contributed by atoms with Crippen molar-refractivity contribution < 1.29 is 19.7 Å². The molecule has 4 aromatic rings. The number of allylic oxidation sites excluding steroid dienone is 1. The molecule has 4 N–H and O–H groups in total. The Kier molecular flexibility index (Phi) is 5.01. The minimum absolute atomic E-state index is 0.0560. The molecule has 5 rings (SSSR count). The molecular formula is C23H23N5O4. The summed E-state index contributed by atoms with van der Waals surface area (Å²) in [6.07, 6.45) is 0.970. The fourth-order valence-electron chi connectivity index (χ4n) is 3.90. The van der Waals surface area contributed by atoms with E-state index in [0.717, 1.165) is 22.0 Å². The van der Waals surface area contributed by atoms with Crippen LogP contribution in [0, 0.1) is 0 Å². The van der Waals surface area contributed by atoms with Crippen molar-refractivity contribution in [2.75, 3.05) is 12.3 Å². The quantitative estimate of drug-likeness (QED) is 0.437. The summed E-state index contributed by atoms with van der Waals surface area (Å²) in [7, 11) is 0. The van der Waals surface area contributed by atoms with Crippen LogP contribution in [0.5, 0.6) is 5.75 Å². The average molecular weight is 433 g/mol. The highest BCUT2D eigenvalue weighted by atomic mass is 16.6. The molecule has 4 atom stereocenters. The number of nitrogen functional groups attached to an aromatic ring is 1. The third kappa shape index (κ3) is 3.46. The van der Waals surface area contributed by atoms with Gasteiger partial charge in [-0.15, -0.1) is 0 Å². The number of benzene rings is 1. The van der Waals surface area contributed by atoms with Crippen LogP contribution < -0.4 is 10.5 Å². The first-order valence-corrected chi connectivity index (χ1v) is 10.2. The number of anilines is 1. The highest BCUT2D eigenvalue weighted by Gasteiger charge is 2.44. The lowest BCUT2D eigenvalue weighted by molar-refractivity contribution is -0.0471. The predicted molar refractivity (Wildman–Crippen MR) is 120 cm³/mol. The van der Waals surface area contributed by atoms with Crippen LogP contribution in [0.4, 0.5) is 5.82 Å². The second-order valence-corrected chi connectivity index (χ2v) is 7.94. The first-order valence-electron chi connectivity index (χ1n) is 10.2. The van der Waals surface area contributed by atoms with Crippen molar-refractivity contribution in [1.29, 1.82) is 0 Å². The lowest BCUT2D eigenvalue weighted by Crippen LogP contribution is -2.34. The van der Waals surface area contributed by atoms with E-state index in [1.807, 2.05) is 31.2 Å². The number of aliphatic hydroxyl groups excluding tert-OH is 2. The number of ether oxygens (including phenoxy) is 2. The number of aliphatic hydroxyl groups is 2. The zero-order chi connectivity index (χ0) is 22.4. The Morgan fingerprint density at radius 2 is 2.03 bits per heavy atom. The molecule has 0 amide bonds. The maximum Gasteiger partial charge on any atom is 0.164 e. The number of aromatic nitrogens is 4. The molecule has 9 heteroatoms. The second-order valence-electron chi connectivity index (χ2n) is 7.94. The number of pyridine rings is 1. The van der Waals surface area contributed by atoms with Crippen molar-refractivity contribution in [3.63, 3.8) is 0 Å². The van der Waals surface area contributed by atoms with Crippen molar-refractivity contribution in [1.82, 2.24) is 19.5 Å². The van der Waals surface area contributed by atoms with Crippen molar-refractivity contribution in [2.45, 2.75) is 31.5 Å². The topological polar surface area (TPSA) is 129 Å². The highest BCUT2D eigenvalue weighted by molar-refractivity contribution is 5.86. The summed E-state index contributed by atoms with van der Waals surface area (Å²) in [5.41, 5.74) is 9.12. The Balaban J connectivity index is 1.32. The highest BCUT2D eigenvalue weighted by Crippen LogP contribution is 2.33. The molecular weight excluding hydrogens is 410 g/mol. The van der Waals surface area contributed by atoms with E-state index in [0.29, 0.717) is 22.6 Å². The summed E-state index contributed by atoms with van der Waals surface area (Å²) in [6, 6.07) is 9.35. The van der Waals surface area contributed by atoms with Gasteiger partial charge in [-0.05, 0) is 42.3 Å². The van der Waals surface area contributed by atoms with Gasteiger partial charge in [-0.3, -0.25) is 4.98 Å². The first kappa shape index (κ1) is 20.4. The van der Waals surface area contributed by atoms with E-state index in [-0.39, 0.29) is 6.61 Å². The predicted octanol–water partition coefficient (Wildman–Crippen LogP) is 2.29. The van der Waals surface area contributed by atoms with Crippen LogP contribution in [0.2, 0.25) is 0 Å². The lowest BCUT2D eigenvalue weighted by Gasteiger charge is -2.17. The molecule has 4 heterocycles. The average Bonchev–Trinajstić information content (AvgIpc) is 3.34. The van der Waals surface area contributed by atoms with Crippen molar-refractivity contribution in [2.24, 2.45) is 0 Å². The largest absolute Gasteiger partial charge is 0.491 e. The Morgan fingerprint density at radius 3 is 2.84 bits per heavy atom. The smallest absolute Gasteiger partial charge is 0.164 e. The molecule has 32 heavy (non-hydrogen) atoms. The first-order chi connectivity index (χ1) is 15.4. The minimum Gasteiger partial charge on any atom is -0.491 e. The monoisotopic (exact) mass is 433 g/mol. The Labute approximate surface area is 183 Å². The fraction of sp³-hybridized carbons (Fsp3) is 0.261. The van der Waals surface area contributed by atoms with Gasteiger partial charge < -0.3 is 30.0 Å². The van der Waals surface area contributed by atoms with Crippen LogP contribution in [-0.4, -0.2) is 54.7 Å². The normalized spacial score (nSPS) is 23.1. The summed E-state index contributed by atoms with van der Waals surface area (Å²) in [5, 5.41) is 22.8. The zero-order valence-corrected chi connectivity index (χ0v) is 17.4. The summed E-state index contributed by atoms with van der Waals surface area (Å²) >= 11 is 0. The summed E-state index contributed by atoms with van der Waals surface area (Å²) in [6.45, 7) is 5.94. The molecule has 0 bridgehead atoms. The number of fused-ring (bicyclic) bond motifs is 2. The molecule has 0 aliphatic carbocycles. The maximum absolute atomic E-state index is 10.6. The van der Waals surface area contributed by atoms with E-state index in [4.69, 9.17) is 15.2 Å². The van der Waals surface area contributed by atoms with Gasteiger partial charge in [-0.1, -0.05) is 6.58 Å². The molecule has 9 nitrogen and oxygen atoms in total. The molecule has 0 unspecified atom stereocenters. The van der Waals surface area contributed by atoms with Crippen molar-refractivity contribution in [3.8, 4) is 5.75 Å². The Morgan fingerprint density at radius 1 is 1.19 bits per heavy atom. The third-order valence-electron chi connectivity index (χ3n) is 5.71. The number of hydrogen-bond acceptors (Lipinski definition) is 8. The molecule has 0 radical (unpaired) electrons. The van der Waals surface area contributed by atoms with Gasteiger partial charge in [0.1, 0.15) is 48.5 Å². The third-order valence-corrected chi connectivity index (χ3v) is 5.71. The van der Waals surface area contributed by atoms with Gasteiger partial charge >= 0.3 is 0 Å². The van der Waals surface area contributed by atoms with Crippen LogP contribution in [-0.2, 0) is 4.74 Å². The van der Waals surface area contributed by atoms with Crippen molar-refractivity contribution in [3.05, 3.63) is 61.2 Å². The van der Waals surface area contributed by atoms with Crippen molar-refractivity contribution >= 4 is 33.3 Å². The van der Waals surface area contributed by atoms with Gasteiger partial charge in [0.2, 0.25) is 0 Å². The zero-order valence-electron chi connectivity index (χ0n) is 17.4.